The molecule has 1 amide bonds. The number of nitrogens with zero attached hydrogens (tertiary/aromatic N) is 3. The summed E-state index contributed by atoms with van der Waals surface area (Å²) in [5.41, 5.74) is 1.32. The van der Waals surface area contributed by atoms with Crippen LogP contribution in [0.3, 0.4) is 0 Å². The van der Waals surface area contributed by atoms with Crippen molar-refractivity contribution in [3.63, 3.8) is 0 Å². The van der Waals surface area contributed by atoms with Crippen molar-refractivity contribution >= 4 is 17.6 Å². The van der Waals surface area contributed by atoms with Gasteiger partial charge in [0.1, 0.15) is 24.7 Å². The van der Waals surface area contributed by atoms with Gasteiger partial charge >= 0.3 is 5.97 Å². The van der Waals surface area contributed by atoms with Crippen LogP contribution in [-0.2, 0) is 22.7 Å². The fourth-order valence-corrected chi connectivity index (χ4v) is 2.16. The highest BCUT2D eigenvalue weighted by Crippen LogP contribution is 2.07. The summed E-state index contributed by atoms with van der Waals surface area (Å²) < 4.78 is 19.3. The quantitative estimate of drug-likeness (QED) is 0.687. The lowest BCUT2D eigenvalue weighted by Gasteiger charge is -2.04. The number of nitrogens with one attached hydrogen (secondary N) is 1. The number of esters is 1. The summed E-state index contributed by atoms with van der Waals surface area (Å²) in [5, 5.41) is 10.4. The molecule has 26 heavy (non-hydrogen) atoms. The Hall–Kier alpha value is -3.55. The number of carbonyl (C=O) groups excluding carboxylic acids is 2. The SMILES string of the molecule is O=C(Cn1cc(COC(=O)c2ccc(F)cc2)nn1)Nc1ccccc1. The van der Waals surface area contributed by atoms with E-state index in [1.807, 2.05) is 18.2 Å². The standard InChI is InChI=1S/C18H15FN4O3/c19-14-8-6-13(7-9-14)18(25)26-12-16-10-23(22-21-16)11-17(24)20-15-4-2-1-3-5-15/h1-10H,11-12H2,(H,20,24). The number of aromatic nitrogens is 3. The molecule has 0 saturated heterocycles. The zero-order valence-corrected chi connectivity index (χ0v) is 13.6. The second-order valence-corrected chi connectivity index (χ2v) is 5.40. The Labute approximate surface area is 148 Å². The van der Waals surface area contributed by atoms with Gasteiger partial charge in [-0.3, -0.25) is 4.79 Å². The molecule has 3 aromatic rings. The summed E-state index contributed by atoms with van der Waals surface area (Å²) in [6.45, 7) is -0.121. The minimum atomic E-state index is -0.596. The molecule has 3 rings (SSSR count). The molecule has 132 valence electrons. The van der Waals surface area contributed by atoms with Gasteiger partial charge in [0.15, 0.2) is 0 Å². The molecule has 2 aromatic carbocycles. The van der Waals surface area contributed by atoms with E-state index in [0.717, 1.165) is 0 Å². The van der Waals surface area contributed by atoms with Crippen molar-refractivity contribution in [1.29, 1.82) is 0 Å². The Morgan fingerprint density at radius 2 is 1.81 bits per heavy atom. The lowest BCUT2D eigenvalue weighted by atomic mass is 10.2. The average Bonchev–Trinajstić information content (AvgIpc) is 3.08. The van der Waals surface area contributed by atoms with Gasteiger partial charge in [0.05, 0.1) is 11.8 Å². The highest BCUT2D eigenvalue weighted by molar-refractivity contribution is 5.90. The first-order valence-corrected chi connectivity index (χ1v) is 7.77. The molecule has 0 radical (unpaired) electrons. The number of hydrogen-bond acceptors (Lipinski definition) is 5. The minimum Gasteiger partial charge on any atom is -0.455 e. The van der Waals surface area contributed by atoms with Crippen molar-refractivity contribution < 1.29 is 18.7 Å². The number of para-hydroxylation sites is 1. The molecule has 8 heteroatoms. The Bertz CT molecular complexity index is 894. The van der Waals surface area contributed by atoms with Crippen molar-refractivity contribution in [3.05, 3.63) is 77.9 Å². The van der Waals surface area contributed by atoms with E-state index in [1.165, 1.54) is 35.1 Å². The Morgan fingerprint density at radius 1 is 1.08 bits per heavy atom. The largest absolute Gasteiger partial charge is 0.455 e. The molecule has 1 heterocycles. The Kier molecular flexibility index (Phi) is 5.33. The van der Waals surface area contributed by atoms with Crippen molar-refractivity contribution in [2.24, 2.45) is 0 Å². The van der Waals surface area contributed by atoms with Gasteiger partial charge in [-0.1, -0.05) is 23.4 Å². The van der Waals surface area contributed by atoms with Gasteiger partial charge in [0, 0.05) is 5.69 Å². The highest BCUT2D eigenvalue weighted by atomic mass is 19.1. The van der Waals surface area contributed by atoms with E-state index in [9.17, 15) is 14.0 Å². The van der Waals surface area contributed by atoms with Gasteiger partial charge < -0.3 is 10.1 Å². The second kappa shape index (κ2) is 8.02. The van der Waals surface area contributed by atoms with Crippen LogP contribution in [0, 0.1) is 5.82 Å². The topological polar surface area (TPSA) is 86.1 Å². The maximum atomic E-state index is 12.8. The van der Waals surface area contributed by atoms with Crippen molar-refractivity contribution in [2.45, 2.75) is 13.2 Å². The van der Waals surface area contributed by atoms with E-state index in [-0.39, 0.29) is 24.6 Å². The summed E-state index contributed by atoms with van der Waals surface area (Å²) in [7, 11) is 0. The molecule has 0 atom stereocenters. The van der Waals surface area contributed by atoms with Crippen LogP contribution in [0.5, 0.6) is 0 Å². The van der Waals surface area contributed by atoms with E-state index < -0.39 is 11.8 Å². The maximum Gasteiger partial charge on any atom is 0.338 e. The number of anilines is 1. The number of carbonyl (C=O) groups is 2. The van der Waals surface area contributed by atoms with E-state index in [0.29, 0.717) is 11.4 Å². The molecule has 1 N–H and O–H groups in total. The van der Waals surface area contributed by atoms with Crippen molar-refractivity contribution in [2.75, 3.05) is 5.32 Å². The number of ether oxygens (including phenoxy) is 1. The molecule has 0 fully saturated rings. The first-order chi connectivity index (χ1) is 12.6. The zero-order chi connectivity index (χ0) is 18.4. The lowest BCUT2D eigenvalue weighted by Crippen LogP contribution is -2.19. The number of amides is 1. The molecule has 0 aliphatic rings. The molecular formula is C18H15FN4O3. The van der Waals surface area contributed by atoms with Crippen LogP contribution < -0.4 is 5.32 Å². The fraction of sp³-hybridized carbons (Fsp3) is 0.111. The minimum absolute atomic E-state index is 0.0200. The summed E-state index contributed by atoms with van der Waals surface area (Å²) in [5.74, 6) is -1.28. The first kappa shape index (κ1) is 17.3. The van der Waals surface area contributed by atoms with E-state index in [1.54, 1.807) is 12.1 Å². The Balaban J connectivity index is 1.50. The van der Waals surface area contributed by atoms with E-state index >= 15 is 0 Å². The Morgan fingerprint density at radius 3 is 2.54 bits per heavy atom. The van der Waals surface area contributed by atoms with Crippen molar-refractivity contribution in [1.82, 2.24) is 15.0 Å². The van der Waals surface area contributed by atoms with Gasteiger partial charge in [-0.25, -0.2) is 13.9 Å². The smallest absolute Gasteiger partial charge is 0.338 e. The van der Waals surface area contributed by atoms with Crippen LogP contribution in [-0.4, -0.2) is 26.9 Å². The monoisotopic (exact) mass is 354 g/mol. The van der Waals surface area contributed by atoms with Gasteiger partial charge in [0.2, 0.25) is 5.91 Å². The average molecular weight is 354 g/mol. The van der Waals surface area contributed by atoms with Gasteiger partial charge in [-0.15, -0.1) is 5.10 Å². The molecule has 1 aromatic heterocycles. The van der Waals surface area contributed by atoms with Gasteiger partial charge in [-0.2, -0.15) is 0 Å². The van der Waals surface area contributed by atoms with E-state index in [2.05, 4.69) is 15.6 Å². The molecule has 0 unspecified atom stereocenters. The van der Waals surface area contributed by atoms with Crippen LogP contribution in [0.15, 0.2) is 60.8 Å². The zero-order valence-electron chi connectivity index (χ0n) is 13.6. The second-order valence-electron chi connectivity index (χ2n) is 5.40. The van der Waals surface area contributed by atoms with E-state index in [4.69, 9.17) is 4.74 Å². The third kappa shape index (κ3) is 4.73. The number of halogens is 1. The normalized spacial score (nSPS) is 10.3. The molecule has 0 aliphatic carbocycles. The van der Waals surface area contributed by atoms with Gasteiger partial charge in [0.25, 0.3) is 0 Å². The van der Waals surface area contributed by atoms with Crippen LogP contribution >= 0.6 is 0 Å². The number of rotatable bonds is 6. The third-order valence-corrected chi connectivity index (χ3v) is 3.38. The molecule has 0 saturated carbocycles. The predicted molar refractivity (Wildman–Crippen MR) is 90.6 cm³/mol. The molecule has 0 bridgehead atoms. The lowest BCUT2D eigenvalue weighted by molar-refractivity contribution is -0.116. The highest BCUT2D eigenvalue weighted by Gasteiger charge is 2.10. The summed E-state index contributed by atoms with van der Waals surface area (Å²) in [4.78, 5) is 23.8. The van der Waals surface area contributed by atoms with Gasteiger partial charge in [-0.05, 0) is 36.4 Å². The predicted octanol–water partition coefficient (Wildman–Crippen LogP) is 2.41. The fourth-order valence-electron chi connectivity index (χ4n) is 2.16. The van der Waals surface area contributed by atoms with Crippen LogP contribution in [0.1, 0.15) is 16.1 Å². The van der Waals surface area contributed by atoms with Crippen LogP contribution in [0.4, 0.5) is 10.1 Å². The maximum absolute atomic E-state index is 12.8. The summed E-state index contributed by atoms with van der Waals surface area (Å²) >= 11 is 0. The third-order valence-electron chi connectivity index (χ3n) is 3.38. The summed E-state index contributed by atoms with van der Waals surface area (Å²) in [6, 6.07) is 14.1. The summed E-state index contributed by atoms with van der Waals surface area (Å²) in [6.07, 6.45) is 1.52. The van der Waals surface area contributed by atoms with Crippen LogP contribution in [0.2, 0.25) is 0 Å². The number of hydrogen-bond donors (Lipinski definition) is 1. The molecule has 0 aliphatic heterocycles. The first-order valence-electron chi connectivity index (χ1n) is 7.77. The van der Waals surface area contributed by atoms with Crippen molar-refractivity contribution in [3.8, 4) is 0 Å². The molecular weight excluding hydrogens is 339 g/mol. The molecule has 7 nitrogen and oxygen atoms in total. The number of benzene rings is 2. The van der Waals surface area contributed by atoms with Crippen LogP contribution in [0.25, 0.3) is 0 Å². The molecule has 0 spiro atoms.